The first-order chi connectivity index (χ1) is 14.0. The largest absolute Gasteiger partial charge is 0.309 e. The summed E-state index contributed by atoms with van der Waals surface area (Å²) in [6.45, 7) is 11.4. The van der Waals surface area contributed by atoms with E-state index >= 15 is 4.39 Å². The van der Waals surface area contributed by atoms with Crippen molar-refractivity contribution in [2.75, 3.05) is 0 Å². The fourth-order valence-electron chi connectivity index (χ4n) is 4.96. The average Bonchev–Trinajstić information content (AvgIpc) is 3.08. The lowest BCUT2D eigenvalue weighted by Gasteiger charge is -2.15. The number of hydrogen-bond acceptors (Lipinski definition) is 0. The standard InChI is InChI=1S/C25H17FN3/c1-13-14(2)23(26)22-17-7-5-6-8-18(17)29-19-12-16(27-3)11-15-9-10-28(4)24(21(15)19)20(13)25(22)29/h5-12H,1-2,4H3/q+1. The van der Waals surface area contributed by atoms with E-state index in [9.17, 15) is 0 Å². The van der Waals surface area contributed by atoms with Crippen molar-refractivity contribution in [3.8, 4) is 0 Å². The summed E-state index contributed by atoms with van der Waals surface area (Å²) >= 11 is 0. The molecule has 0 amide bonds. The van der Waals surface area contributed by atoms with E-state index in [1.54, 1.807) is 0 Å². The van der Waals surface area contributed by atoms with Crippen molar-refractivity contribution >= 4 is 54.7 Å². The highest BCUT2D eigenvalue weighted by Gasteiger charge is 2.27. The molecule has 0 aliphatic rings. The van der Waals surface area contributed by atoms with Crippen LogP contribution in [0.15, 0.2) is 48.7 Å². The molecule has 3 aromatic heterocycles. The molecule has 6 rings (SSSR count). The van der Waals surface area contributed by atoms with E-state index in [0.717, 1.165) is 49.2 Å². The molecule has 3 nitrogen and oxygen atoms in total. The Hall–Kier alpha value is -3.71. The van der Waals surface area contributed by atoms with Crippen LogP contribution in [0.1, 0.15) is 11.1 Å². The van der Waals surface area contributed by atoms with Crippen LogP contribution in [0.25, 0.3) is 53.8 Å². The highest BCUT2D eigenvalue weighted by atomic mass is 19.1. The summed E-state index contributed by atoms with van der Waals surface area (Å²) in [6.07, 6.45) is 2.03. The molecule has 138 valence electrons. The maximum Gasteiger partial charge on any atom is 0.224 e. The van der Waals surface area contributed by atoms with Crippen LogP contribution in [-0.2, 0) is 7.05 Å². The van der Waals surface area contributed by atoms with Crippen LogP contribution < -0.4 is 4.57 Å². The van der Waals surface area contributed by atoms with Gasteiger partial charge in [0.2, 0.25) is 5.52 Å². The van der Waals surface area contributed by atoms with Gasteiger partial charge < -0.3 is 4.40 Å². The Morgan fingerprint density at radius 1 is 0.966 bits per heavy atom. The lowest BCUT2D eigenvalue weighted by Crippen LogP contribution is -2.29. The second-order valence-corrected chi connectivity index (χ2v) is 7.83. The molecule has 0 spiro atoms. The molecule has 4 heteroatoms. The van der Waals surface area contributed by atoms with Crippen molar-refractivity contribution in [2.45, 2.75) is 13.8 Å². The number of benzene rings is 3. The van der Waals surface area contributed by atoms with E-state index in [0.29, 0.717) is 16.6 Å². The van der Waals surface area contributed by atoms with Gasteiger partial charge >= 0.3 is 0 Å². The number of halogens is 1. The Labute approximate surface area is 166 Å². The number of aryl methyl sites for hydroxylation is 2. The molecule has 3 aromatic carbocycles. The van der Waals surface area contributed by atoms with Gasteiger partial charge in [0.05, 0.1) is 33.9 Å². The van der Waals surface area contributed by atoms with Gasteiger partial charge in [-0.1, -0.05) is 18.2 Å². The second kappa shape index (κ2) is 5.21. The summed E-state index contributed by atoms with van der Waals surface area (Å²) in [4.78, 5) is 3.69. The highest BCUT2D eigenvalue weighted by molar-refractivity contribution is 6.26. The van der Waals surface area contributed by atoms with Gasteiger partial charge in [-0.05, 0) is 48.6 Å². The van der Waals surface area contributed by atoms with E-state index in [-0.39, 0.29) is 5.82 Å². The SMILES string of the molecule is [C-]#[N+]c1cc2cc[n+](C)c3c4c(C)c(C)c(F)c5c6ccccc6n(c(c1)c23)c54. The van der Waals surface area contributed by atoms with E-state index in [1.807, 2.05) is 63.5 Å². The maximum absolute atomic E-state index is 15.6. The van der Waals surface area contributed by atoms with E-state index in [2.05, 4.69) is 19.9 Å². The predicted octanol–water partition coefficient (Wildman–Crippen LogP) is 6.12. The minimum atomic E-state index is -0.157. The van der Waals surface area contributed by atoms with Crippen LogP contribution in [-0.4, -0.2) is 4.40 Å². The van der Waals surface area contributed by atoms with E-state index in [4.69, 9.17) is 6.57 Å². The molecule has 3 heterocycles. The van der Waals surface area contributed by atoms with Crippen molar-refractivity contribution in [2.24, 2.45) is 7.05 Å². The molecule has 29 heavy (non-hydrogen) atoms. The van der Waals surface area contributed by atoms with Crippen LogP contribution in [0, 0.1) is 26.2 Å². The van der Waals surface area contributed by atoms with Gasteiger partial charge in [0, 0.05) is 16.8 Å². The van der Waals surface area contributed by atoms with Crippen LogP contribution in [0.4, 0.5) is 10.1 Å². The molecular weight excluding hydrogens is 361 g/mol. The molecule has 0 saturated heterocycles. The molecule has 0 unspecified atom stereocenters. The van der Waals surface area contributed by atoms with Crippen molar-refractivity contribution in [1.29, 1.82) is 0 Å². The third-order valence-electron chi connectivity index (χ3n) is 6.40. The normalized spacial score (nSPS) is 12.1. The molecule has 0 aliphatic carbocycles. The summed E-state index contributed by atoms with van der Waals surface area (Å²) in [5.41, 5.74) is 6.12. The van der Waals surface area contributed by atoms with Crippen LogP contribution >= 0.6 is 0 Å². The van der Waals surface area contributed by atoms with Crippen molar-refractivity contribution < 1.29 is 8.96 Å². The molecule has 0 saturated carbocycles. The summed E-state index contributed by atoms with van der Waals surface area (Å²) in [6, 6.07) is 13.9. The maximum atomic E-state index is 15.6. The quantitative estimate of drug-likeness (QED) is 0.131. The number of rotatable bonds is 0. The van der Waals surface area contributed by atoms with Crippen LogP contribution in [0.3, 0.4) is 0 Å². The number of aromatic nitrogens is 2. The summed E-state index contributed by atoms with van der Waals surface area (Å²) in [5.74, 6) is -0.157. The fourth-order valence-corrected chi connectivity index (χ4v) is 4.96. The van der Waals surface area contributed by atoms with Crippen molar-refractivity contribution in [3.63, 3.8) is 0 Å². The molecule has 0 N–H and O–H groups in total. The first-order valence-corrected chi connectivity index (χ1v) is 9.59. The first kappa shape index (κ1) is 16.3. The number of hydrogen-bond donors (Lipinski definition) is 0. The molecule has 0 atom stereocenters. The van der Waals surface area contributed by atoms with Crippen LogP contribution in [0.2, 0.25) is 0 Å². The highest BCUT2D eigenvalue weighted by Crippen LogP contribution is 2.43. The number of nitrogens with zero attached hydrogens (tertiary/aromatic N) is 3. The summed E-state index contributed by atoms with van der Waals surface area (Å²) in [5, 5.41) is 4.77. The molecular formula is C25H17FN3+. The third kappa shape index (κ3) is 1.78. The van der Waals surface area contributed by atoms with Gasteiger partial charge in [0.1, 0.15) is 12.9 Å². The smallest absolute Gasteiger partial charge is 0.224 e. The van der Waals surface area contributed by atoms with Gasteiger partial charge in [-0.25, -0.2) is 13.8 Å². The van der Waals surface area contributed by atoms with Gasteiger partial charge in [0.15, 0.2) is 11.9 Å². The van der Waals surface area contributed by atoms with Crippen molar-refractivity contribution in [3.05, 3.63) is 77.0 Å². The first-order valence-electron chi connectivity index (χ1n) is 9.59. The zero-order valence-corrected chi connectivity index (χ0v) is 16.3. The lowest BCUT2D eigenvalue weighted by molar-refractivity contribution is -0.643. The zero-order valence-electron chi connectivity index (χ0n) is 16.3. The zero-order chi connectivity index (χ0) is 20.0. The molecule has 0 aliphatic heterocycles. The minimum absolute atomic E-state index is 0.157. The average molecular weight is 378 g/mol. The van der Waals surface area contributed by atoms with Gasteiger partial charge in [-0.15, -0.1) is 0 Å². The molecule has 0 bridgehead atoms. The Balaban J connectivity index is 2.17. The topological polar surface area (TPSA) is 12.7 Å². The summed E-state index contributed by atoms with van der Waals surface area (Å²) < 4.78 is 19.9. The Morgan fingerprint density at radius 3 is 2.55 bits per heavy atom. The number of fused-ring (bicyclic) bond motifs is 5. The number of pyridine rings is 2. The third-order valence-corrected chi connectivity index (χ3v) is 6.40. The lowest BCUT2D eigenvalue weighted by atomic mass is 9.96. The monoisotopic (exact) mass is 378 g/mol. The summed E-state index contributed by atoms with van der Waals surface area (Å²) in [7, 11) is 2.03. The fraction of sp³-hybridized carbons (Fsp3) is 0.120. The molecule has 0 fully saturated rings. The molecule has 6 aromatic rings. The van der Waals surface area contributed by atoms with Crippen LogP contribution in [0.5, 0.6) is 0 Å². The number of para-hydroxylation sites is 1. The Morgan fingerprint density at radius 2 is 1.76 bits per heavy atom. The van der Waals surface area contributed by atoms with Gasteiger partial charge in [-0.3, -0.25) is 0 Å². The van der Waals surface area contributed by atoms with Gasteiger partial charge in [-0.2, -0.15) is 0 Å². The molecule has 0 radical (unpaired) electrons. The Bertz CT molecular complexity index is 1700. The minimum Gasteiger partial charge on any atom is -0.309 e. The van der Waals surface area contributed by atoms with E-state index in [1.165, 1.54) is 0 Å². The predicted molar refractivity (Wildman–Crippen MR) is 115 cm³/mol. The van der Waals surface area contributed by atoms with Gasteiger partial charge in [0.25, 0.3) is 0 Å². The second-order valence-electron chi connectivity index (χ2n) is 7.83. The van der Waals surface area contributed by atoms with Crippen molar-refractivity contribution in [1.82, 2.24) is 4.40 Å². The Kier molecular flexibility index (Phi) is 2.92. The van der Waals surface area contributed by atoms with E-state index < -0.39 is 0 Å².